The monoisotopic (exact) mass is 203 g/mol. The summed E-state index contributed by atoms with van der Waals surface area (Å²) in [5, 5.41) is 9.79. The van der Waals surface area contributed by atoms with Gasteiger partial charge in [-0.25, -0.2) is 4.39 Å². The first-order valence-corrected chi connectivity index (χ1v) is 3.53. The number of hydrogen-bond acceptors (Lipinski definition) is 3. The highest BCUT2D eigenvalue weighted by molar-refractivity contribution is 6.33. The molecule has 13 heavy (non-hydrogen) atoms. The summed E-state index contributed by atoms with van der Waals surface area (Å²) >= 11 is 5.33. The number of hydrogen-bond donors (Lipinski definition) is 0. The van der Waals surface area contributed by atoms with Gasteiger partial charge in [0.2, 0.25) is 0 Å². The molecule has 0 spiro atoms. The molecule has 0 aliphatic rings. The molecule has 0 N–H and O–H groups in total. The topological polar surface area (TPSA) is 60.2 Å². The van der Waals surface area contributed by atoms with Crippen LogP contribution in [0.15, 0.2) is 12.1 Å². The van der Waals surface area contributed by atoms with Crippen LogP contribution in [0.25, 0.3) is 0 Å². The molecule has 0 saturated heterocycles. The van der Waals surface area contributed by atoms with Crippen molar-refractivity contribution in [3.05, 3.63) is 38.7 Å². The summed E-state index contributed by atoms with van der Waals surface area (Å²) in [6.45, 7) is 0. The minimum Gasteiger partial charge on any atom is -0.298 e. The largest absolute Gasteiger partial charge is 0.298 e. The van der Waals surface area contributed by atoms with E-state index in [-0.39, 0.29) is 6.29 Å². The lowest BCUT2D eigenvalue weighted by Gasteiger charge is -1.98. The van der Waals surface area contributed by atoms with Gasteiger partial charge >= 0.3 is 0 Å². The smallest absolute Gasteiger partial charge is 0.281 e. The van der Waals surface area contributed by atoms with Crippen LogP contribution in [0.4, 0.5) is 10.1 Å². The van der Waals surface area contributed by atoms with Crippen LogP contribution in [0.2, 0.25) is 5.02 Å². The maximum Gasteiger partial charge on any atom is 0.281 e. The highest BCUT2D eigenvalue weighted by Crippen LogP contribution is 2.26. The number of benzene rings is 1. The van der Waals surface area contributed by atoms with Crippen molar-refractivity contribution in [2.75, 3.05) is 0 Å². The van der Waals surface area contributed by atoms with E-state index in [1.165, 1.54) is 0 Å². The Labute approximate surface area is 77.1 Å². The van der Waals surface area contributed by atoms with Gasteiger partial charge in [-0.1, -0.05) is 11.6 Å². The van der Waals surface area contributed by atoms with Crippen molar-refractivity contribution in [2.24, 2.45) is 0 Å². The molecule has 0 radical (unpaired) electrons. The van der Waals surface area contributed by atoms with Crippen molar-refractivity contribution in [1.82, 2.24) is 0 Å². The molecule has 0 aromatic heterocycles. The molecule has 0 aliphatic heterocycles. The van der Waals surface area contributed by atoms with E-state index in [9.17, 15) is 19.3 Å². The Bertz CT molecular complexity index is 380. The zero-order valence-corrected chi connectivity index (χ0v) is 6.92. The number of nitro groups is 1. The summed E-state index contributed by atoms with van der Waals surface area (Å²) in [5.74, 6) is -0.852. The maximum atomic E-state index is 12.7. The molecule has 0 atom stereocenters. The summed E-state index contributed by atoms with van der Waals surface area (Å²) in [6.07, 6.45) is 0.156. The minimum absolute atomic E-state index is 0.156. The lowest BCUT2D eigenvalue weighted by molar-refractivity contribution is -0.385. The van der Waals surface area contributed by atoms with E-state index in [4.69, 9.17) is 11.6 Å². The van der Waals surface area contributed by atoms with Crippen LogP contribution in [0.3, 0.4) is 0 Å². The van der Waals surface area contributed by atoms with E-state index in [1.54, 1.807) is 0 Å². The lowest BCUT2D eigenvalue weighted by atomic mass is 10.2. The number of carbonyl (C=O) groups is 1. The molecule has 0 aliphatic carbocycles. The number of halogens is 2. The van der Waals surface area contributed by atoms with E-state index in [1.807, 2.05) is 0 Å². The Balaban J connectivity index is 3.47. The second kappa shape index (κ2) is 3.49. The summed E-state index contributed by atoms with van der Waals surface area (Å²) in [7, 11) is 0. The Hall–Kier alpha value is -1.49. The number of nitro benzene ring substituents is 1. The van der Waals surface area contributed by atoms with Crippen LogP contribution in [-0.4, -0.2) is 11.2 Å². The number of rotatable bonds is 2. The molecular weight excluding hydrogens is 201 g/mol. The predicted octanol–water partition coefficient (Wildman–Crippen LogP) is 2.20. The van der Waals surface area contributed by atoms with E-state index in [0.29, 0.717) is 0 Å². The first-order chi connectivity index (χ1) is 6.07. The van der Waals surface area contributed by atoms with E-state index < -0.39 is 27.0 Å². The highest BCUT2D eigenvalue weighted by atomic mass is 35.5. The van der Waals surface area contributed by atoms with Gasteiger partial charge in [-0.3, -0.25) is 14.9 Å². The predicted molar refractivity (Wildman–Crippen MR) is 43.5 cm³/mol. The fraction of sp³-hybridized carbons (Fsp3) is 0. The van der Waals surface area contributed by atoms with Crippen LogP contribution in [0, 0.1) is 15.9 Å². The third-order valence-electron chi connectivity index (χ3n) is 1.42. The first kappa shape index (κ1) is 9.60. The van der Waals surface area contributed by atoms with Gasteiger partial charge in [0.25, 0.3) is 5.69 Å². The summed E-state index contributed by atoms with van der Waals surface area (Å²) in [4.78, 5) is 19.9. The molecule has 4 nitrogen and oxygen atoms in total. The molecule has 0 unspecified atom stereocenters. The maximum absolute atomic E-state index is 12.7. The standard InChI is InChI=1S/C7H3ClFNO3/c8-7-4(3-11)6(10(12)13)2-1-5(7)9/h1-3H. The third-order valence-corrected chi connectivity index (χ3v) is 1.81. The highest BCUT2D eigenvalue weighted by Gasteiger charge is 2.18. The first-order valence-electron chi connectivity index (χ1n) is 3.15. The average molecular weight is 204 g/mol. The van der Waals surface area contributed by atoms with Gasteiger partial charge in [-0.15, -0.1) is 0 Å². The molecule has 0 bridgehead atoms. The molecular formula is C7H3ClFNO3. The molecule has 0 fully saturated rings. The normalized spacial score (nSPS) is 9.69. The SMILES string of the molecule is O=Cc1c([N+](=O)[O-])ccc(F)c1Cl. The zero-order chi connectivity index (χ0) is 10.0. The number of carbonyl (C=O) groups excluding carboxylic acids is 1. The third kappa shape index (κ3) is 1.65. The summed E-state index contributed by atoms with van der Waals surface area (Å²) < 4.78 is 12.7. The number of aldehydes is 1. The fourth-order valence-electron chi connectivity index (χ4n) is 0.827. The van der Waals surface area contributed by atoms with Crippen molar-refractivity contribution in [2.45, 2.75) is 0 Å². The lowest BCUT2D eigenvalue weighted by Crippen LogP contribution is -1.96. The van der Waals surface area contributed by atoms with E-state index >= 15 is 0 Å². The second-order valence-corrected chi connectivity index (χ2v) is 2.55. The van der Waals surface area contributed by atoms with Gasteiger partial charge in [0.05, 0.1) is 9.95 Å². The van der Waals surface area contributed by atoms with Crippen molar-refractivity contribution in [1.29, 1.82) is 0 Å². The van der Waals surface area contributed by atoms with Crippen LogP contribution in [0.1, 0.15) is 10.4 Å². The van der Waals surface area contributed by atoms with Crippen molar-refractivity contribution < 1.29 is 14.1 Å². The second-order valence-electron chi connectivity index (χ2n) is 2.17. The van der Waals surface area contributed by atoms with Gasteiger partial charge in [0.15, 0.2) is 6.29 Å². The van der Waals surface area contributed by atoms with Crippen LogP contribution in [-0.2, 0) is 0 Å². The summed E-state index contributed by atoms with van der Waals surface area (Å²) in [5.41, 5.74) is -0.937. The molecule has 68 valence electrons. The molecule has 6 heteroatoms. The Kier molecular flexibility index (Phi) is 2.57. The van der Waals surface area contributed by atoms with E-state index in [2.05, 4.69) is 0 Å². The molecule has 0 saturated carbocycles. The minimum atomic E-state index is -0.852. The Morgan fingerprint density at radius 3 is 2.62 bits per heavy atom. The zero-order valence-electron chi connectivity index (χ0n) is 6.16. The fourth-order valence-corrected chi connectivity index (χ4v) is 1.03. The van der Waals surface area contributed by atoms with Crippen molar-refractivity contribution in [3.63, 3.8) is 0 Å². The van der Waals surface area contributed by atoms with Crippen LogP contribution < -0.4 is 0 Å². The van der Waals surface area contributed by atoms with Crippen LogP contribution in [0.5, 0.6) is 0 Å². The molecule has 0 heterocycles. The summed E-state index contributed by atoms with van der Waals surface area (Å²) in [6, 6.07) is 1.73. The quantitative estimate of drug-likeness (QED) is 0.421. The van der Waals surface area contributed by atoms with Gasteiger partial charge in [0, 0.05) is 6.07 Å². The van der Waals surface area contributed by atoms with Crippen molar-refractivity contribution >= 4 is 23.6 Å². The van der Waals surface area contributed by atoms with Crippen molar-refractivity contribution in [3.8, 4) is 0 Å². The molecule has 0 amide bonds. The molecule has 1 rings (SSSR count). The van der Waals surface area contributed by atoms with Crippen LogP contribution >= 0.6 is 11.6 Å². The van der Waals surface area contributed by atoms with Gasteiger partial charge < -0.3 is 0 Å². The van der Waals surface area contributed by atoms with E-state index in [0.717, 1.165) is 12.1 Å². The van der Waals surface area contributed by atoms with Gasteiger partial charge in [0.1, 0.15) is 11.4 Å². The Morgan fingerprint density at radius 2 is 2.15 bits per heavy atom. The Morgan fingerprint density at radius 1 is 1.54 bits per heavy atom. The number of nitrogens with zero attached hydrogens (tertiary/aromatic N) is 1. The molecule has 1 aromatic rings. The van der Waals surface area contributed by atoms with Gasteiger partial charge in [-0.2, -0.15) is 0 Å². The molecule has 1 aromatic carbocycles. The average Bonchev–Trinajstić information content (AvgIpc) is 2.09. The van der Waals surface area contributed by atoms with Gasteiger partial charge in [-0.05, 0) is 6.07 Å².